The minimum absolute atomic E-state index is 0.156. The predicted octanol–water partition coefficient (Wildman–Crippen LogP) is 3.73. The fraction of sp³-hybridized carbons (Fsp3) is 0.0556. The highest BCUT2D eigenvalue weighted by Gasteiger charge is 2.11. The molecule has 27 heavy (non-hydrogen) atoms. The minimum Gasteiger partial charge on any atom is -0.272 e. The van der Waals surface area contributed by atoms with Crippen LogP contribution in [0.5, 0.6) is 0 Å². The molecule has 0 saturated heterocycles. The Hall–Kier alpha value is -2.48. The molecule has 2 amide bonds. The number of rotatable bonds is 5. The van der Waals surface area contributed by atoms with Crippen LogP contribution in [0.4, 0.5) is 0 Å². The molecule has 3 aromatic rings. The van der Waals surface area contributed by atoms with Crippen LogP contribution in [0.1, 0.15) is 10.4 Å². The molecule has 0 atom stereocenters. The van der Waals surface area contributed by atoms with E-state index in [1.165, 1.54) is 22.6 Å². The van der Waals surface area contributed by atoms with E-state index in [2.05, 4.69) is 16.0 Å². The molecule has 6 nitrogen and oxygen atoms in total. The Bertz CT molecular complexity index is 960. The summed E-state index contributed by atoms with van der Waals surface area (Å²) in [5.41, 5.74) is 5.78. The first-order valence-corrected chi connectivity index (χ1v) is 9.53. The molecule has 1 aromatic heterocycles. The zero-order valence-corrected chi connectivity index (χ0v) is 16.2. The lowest BCUT2D eigenvalue weighted by molar-refractivity contribution is -0.119. The van der Waals surface area contributed by atoms with E-state index < -0.39 is 5.91 Å². The lowest BCUT2D eigenvalue weighted by atomic mass is 10.3. The minimum atomic E-state index is -0.465. The van der Waals surface area contributed by atoms with E-state index in [0.717, 1.165) is 10.6 Å². The molecule has 0 saturated carbocycles. The molecule has 2 N–H and O–H groups in total. The zero-order valence-electron chi connectivity index (χ0n) is 13.9. The molecule has 3 rings (SSSR count). The summed E-state index contributed by atoms with van der Waals surface area (Å²) >= 11 is 13.1. The fourth-order valence-corrected chi connectivity index (χ4v) is 3.12. The topological polar surface area (TPSA) is 76.0 Å². The molecule has 0 spiro atoms. The highest BCUT2D eigenvalue weighted by atomic mass is 35.5. The number of carbonyl (C=O) groups is 2. The molecule has 0 radical (unpaired) electrons. The third-order valence-electron chi connectivity index (χ3n) is 3.42. The van der Waals surface area contributed by atoms with Gasteiger partial charge in [0.05, 0.1) is 23.2 Å². The monoisotopic (exact) mass is 420 g/mol. The van der Waals surface area contributed by atoms with Gasteiger partial charge in [0.1, 0.15) is 0 Å². The molecule has 0 fully saturated rings. The van der Waals surface area contributed by atoms with Crippen LogP contribution in [0.15, 0.2) is 65.8 Å². The number of halogens is 2. The summed E-state index contributed by atoms with van der Waals surface area (Å²) in [6.45, 7) is 0. The molecular weight excluding hydrogens is 407 g/mol. The van der Waals surface area contributed by atoms with Crippen molar-refractivity contribution >= 4 is 46.8 Å². The zero-order chi connectivity index (χ0) is 19.2. The maximum absolute atomic E-state index is 12.1. The highest BCUT2D eigenvalue weighted by Crippen LogP contribution is 2.19. The Morgan fingerprint density at radius 3 is 2.56 bits per heavy atom. The van der Waals surface area contributed by atoms with Gasteiger partial charge in [0.15, 0.2) is 0 Å². The van der Waals surface area contributed by atoms with E-state index in [1.807, 2.05) is 18.2 Å². The van der Waals surface area contributed by atoms with Gasteiger partial charge in [-0.1, -0.05) is 29.3 Å². The lowest BCUT2D eigenvalue weighted by Gasteiger charge is -2.06. The van der Waals surface area contributed by atoms with Gasteiger partial charge in [0, 0.05) is 21.1 Å². The van der Waals surface area contributed by atoms with Crippen molar-refractivity contribution in [1.29, 1.82) is 0 Å². The van der Waals surface area contributed by atoms with Crippen molar-refractivity contribution in [3.8, 4) is 5.69 Å². The molecule has 0 aliphatic carbocycles. The van der Waals surface area contributed by atoms with E-state index in [4.69, 9.17) is 23.2 Å². The van der Waals surface area contributed by atoms with Crippen LogP contribution >= 0.6 is 35.0 Å². The summed E-state index contributed by atoms with van der Waals surface area (Å²) in [7, 11) is 0. The van der Waals surface area contributed by atoms with Gasteiger partial charge in [0.2, 0.25) is 5.91 Å². The van der Waals surface area contributed by atoms with Gasteiger partial charge < -0.3 is 0 Å². The van der Waals surface area contributed by atoms with Crippen molar-refractivity contribution in [1.82, 2.24) is 20.6 Å². The van der Waals surface area contributed by atoms with Gasteiger partial charge in [-0.2, -0.15) is 5.10 Å². The van der Waals surface area contributed by atoms with Gasteiger partial charge in [-0.25, -0.2) is 4.68 Å². The Morgan fingerprint density at radius 2 is 1.81 bits per heavy atom. The standard InChI is InChI=1S/C18H14Cl2N4O2S/c19-13-4-6-16(7-5-13)27-11-17(25)22-23-18(26)12-9-21-24(10-12)15-3-1-2-14(20)8-15/h1-10H,11H2,(H,22,25)(H,23,26). The van der Waals surface area contributed by atoms with E-state index in [0.29, 0.717) is 15.6 Å². The van der Waals surface area contributed by atoms with Crippen molar-refractivity contribution < 1.29 is 9.59 Å². The van der Waals surface area contributed by atoms with Crippen molar-refractivity contribution in [3.05, 3.63) is 76.5 Å². The molecule has 0 aliphatic rings. The van der Waals surface area contributed by atoms with Crippen LogP contribution < -0.4 is 10.9 Å². The number of hydrazine groups is 1. The number of nitrogens with one attached hydrogen (secondary N) is 2. The third-order valence-corrected chi connectivity index (χ3v) is 4.92. The molecule has 138 valence electrons. The van der Waals surface area contributed by atoms with E-state index in [1.54, 1.807) is 36.5 Å². The lowest BCUT2D eigenvalue weighted by Crippen LogP contribution is -2.42. The quantitative estimate of drug-likeness (QED) is 0.486. The summed E-state index contributed by atoms with van der Waals surface area (Å²) < 4.78 is 1.53. The fourth-order valence-electron chi connectivity index (χ4n) is 2.11. The highest BCUT2D eigenvalue weighted by molar-refractivity contribution is 8.00. The molecule has 9 heteroatoms. The molecular formula is C18H14Cl2N4O2S. The van der Waals surface area contributed by atoms with Gasteiger partial charge in [-0.15, -0.1) is 11.8 Å². The van der Waals surface area contributed by atoms with Crippen LogP contribution in [0.2, 0.25) is 10.0 Å². The van der Waals surface area contributed by atoms with Crippen LogP contribution in [0.3, 0.4) is 0 Å². The number of thioether (sulfide) groups is 1. The Labute approximate surface area is 169 Å². The van der Waals surface area contributed by atoms with Gasteiger partial charge in [-0.05, 0) is 42.5 Å². The number of nitrogens with zero attached hydrogens (tertiary/aromatic N) is 2. The van der Waals surface area contributed by atoms with Crippen LogP contribution in [-0.4, -0.2) is 27.3 Å². The summed E-state index contributed by atoms with van der Waals surface area (Å²) in [5.74, 6) is -0.636. The SMILES string of the molecule is O=C(CSc1ccc(Cl)cc1)NNC(=O)c1cnn(-c2cccc(Cl)c2)c1. The summed E-state index contributed by atoms with van der Waals surface area (Å²) in [5, 5.41) is 5.33. The summed E-state index contributed by atoms with van der Waals surface area (Å²) in [4.78, 5) is 24.9. The van der Waals surface area contributed by atoms with Crippen LogP contribution in [0.25, 0.3) is 5.69 Å². The average Bonchev–Trinajstić information content (AvgIpc) is 3.16. The van der Waals surface area contributed by atoms with E-state index in [9.17, 15) is 9.59 Å². The second kappa shape index (κ2) is 8.94. The van der Waals surface area contributed by atoms with Crippen molar-refractivity contribution in [2.24, 2.45) is 0 Å². The Kier molecular flexibility index (Phi) is 6.39. The van der Waals surface area contributed by atoms with Gasteiger partial charge in [-0.3, -0.25) is 20.4 Å². The van der Waals surface area contributed by atoms with E-state index in [-0.39, 0.29) is 11.7 Å². The summed E-state index contributed by atoms with van der Waals surface area (Å²) in [6, 6.07) is 14.2. The number of aromatic nitrogens is 2. The molecule has 0 aliphatic heterocycles. The first-order chi connectivity index (χ1) is 13.0. The van der Waals surface area contributed by atoms with E-state index >= 15 is 0 Å². The smallest absolute Gasteiger partial charge is 0.272 e. The van der Waals surface area contributed by atoms with Crippen LogP contribution in [-0.2, 0) is 4.79 Å². The number of benzene rings is 2. The number of carbonyl (C=O) groups excluding carboxylic acids is 2. The normalized spacial score (nSPS) is 10.4. The number of amides is 2. The number of hydrogen-bond donors (Lipinski definition) is 2. The number of hydrogen-bond acceptors (Lipinski definition) is 4. The Balaban J connectivity index is 1.50. The maximum atomic E-state index is 12.1. The molecule has 0 unspecified atom stereocenters. The molecule has 0 bridgehead atoms. The first kappa shape index (κ1) is 19.3. The average molecular weight is 421 g/mol. The second-order valence-electron chi connectivity index (χ2n) is 5.40. The largest absolute Gasteiger partial charge is 0.272 e. The molecule has 1 heterocycles. The molecule has 2 aromatic carbocycles. The third kappa shape index (κ3) is 5.50. The Morgan fingerprint density at radius 1 is 1.04 bits per heavy atom. The summed E-state index contributed by atoms with van der Waals surface area (Å²) in [6.07, 6.45) is 2.96. The van der Waals surface area contributed by atoms with Gasteiger partial charge >= 0.3 is 0 Å². The van der Waals surface area contributed by atoms with Crippen molar-refractivity contribution in [3.63, 3.8) is 0 Å². The maximum Gasteiger partial charge on any atom is 0.272 e. The van der Waals surface area contributed by atoms with Gasteiger partial charge in [0.25, 0.3) is 5.91 Å². The first-order valence-electron chi connectivity index (χ1n) is 7.79. The van der Waals surface area contributed by atoms with Crippen molar-refractivity contribution in [2.75, 3.05) is 5.75 Å². The predicted molar refractivity (Wildman–Crippen MR) is 106 cm³/mol. The second-order valence-corrected chi connectivity index (χ2v) is 7.32. The van der Waals surface area contributed by atoms with Crippen molar-refractivity contribution in [2.45, 2.75) is 4.90 Å². The van der Waals surface area contributed by atoms with Crippen LogP contribution in [0, 0.1) is 0 Å².